The standard InChI is InChI=1S/C27H34O3/c1-26-12-10-18(30-25(29)16-6-4-3-5-7-16)14-17(26)8-9-19-22(26)11-13-27(2)23(19)20-15-21(20)24(27)28/h3-8,18-24,28H,9-15H2,1-2H3/t18-,19+,20+,21-,22-,23+,24-,26-,27-/m0/s1. The number of carbonyl (C=O) groups is 1. The van der Waals surface area contributed by atoms with E-state index in [1.54, 1.807) is 0 Å². The second-order valence-corrected chi connectivity index (χ2v) is 11.4. The summed E-state index contributed by atoms with van der Waals surface area (Å²) in [4.78, 5) is 12.5. The third-order valence-electron chi connectivity index (χ3n) is 10.1. The Labute approximate surface area is 179 Å². The van der Waals surface area contributed by atoms with Gasteiger partial charge in [-0.25, -0.2) is 4.79 Å². The number of rotatable bonds is 2. The fourth-order valence-electron chi connectivity index (χ4n) is 8.46. The quantitative estimate of drug-likeness (QED) is 0.529. The lowest BCUT2D eigenvalue weighted by Crippen LogP contribution is -2.52. The van der Waals surface area contributed by atoms with E-state index in [-0.39, 0.29) is 29.0 Å². The molecule has 9 atom stereocenters. The molecule has 4 saturated carbocycles. The van der Waals surface area contributed by atoms with Crippen molar-refractivity contribution in [2.75, 3.05) is 0 Å². The molecular formula is C27H34O3. The third kappa shape index (κ3) is 2.57. The van der Waals surface area contributed by atoms with Crippen LogP contribution < -0.4 is 0 Å². The van der Waals surface area contributed by atoms with Gasteiger partial charge in [0.1, 0.15) is 6.10 Å². The molecule has 0 unspecified atom stereocenters. The molecule has 0 heterocycles. The van der Waals surface area contributed by atoms with Crippen LogP contribution in [0.15, 0.2) is 42.0 Å². The lowest BCUT2D eigenvalue weighted by molar-refractivity contribution is -0.0885. The Balaban J connectivity index is 1.21. The average Bonchev–Trinajstić information content (AvgIpc) is 3.49. The molecule has 3 heteroatoms. The van der Waals surface area contributed by atoms with E-state index in [1.165, 1.54) is 24.8 Å². The summed E-state index contributed by atoms with van der Waals surface area (Å²) in [5.41, 5.74) is 2.58. The van der Waals surface area contributed by atoms with Crippen LogP contribution in [0.1, 0.15) is 69.2 Å². The van der Waals surface area contributed by atoms with Gasteiger partial charge in [0.15, 0.2) is 0 Å². The molecule has 5 aliphatic carbocycles. The number of ether oxygens (including phenoxy) is 1. The van der Waals surface area contributed by atoms with Crippen LogP contribution in [-0.2, 0) is 4.74 Å². The summed E-state index contributed by atoms with van der Waals surface area (Å²) in [6, 6.07) is 9.37. The van der Waals surface area contributed by atoms with Crippen molar-refractivity contribution in [1.82, 2.24) is 0 Å². The van der Waals surface area contributed by atoms with Crippen LogP contribution in [0, 0.1) is 40.4 Å². The van der Waals surface area contributed by atoms with Crippen LogP contribution >= 0.6 is 0 Å². The van der Waals surface area contributed by atoms with Crippen molar-refractivity contribution in [2.24, 2.45) is 40.4 Å². The number of carbonyl (C=O) groups excluding carboxylic acids is 1. The zero-order chi connectivity index (χ0) is 20.7. The van der Waals surface area contributed by atoms with Crippen LogP contribution in [0.25, 0.3) is 0 Å². The lowest BCUT2D eigenvalue weighted by atomic mass is 9.47. The van der Waals surface area contributed by atoms with Crippen molar-refractivity contribution in [1.29, 1.82) is 0 Å². The zero-order valence-corrected chi connectivity index (χ0v) is 18.2. The molecule has 6 rings (SSSR count). The monoisotopic (exact) mass is 406 g/mol. The van der Waals surface area contributed by atoms with Crippen LogP contribution in [0.5, 0.6) is 0 Å². The third-order valence-corrected chi connectivity index (χ3v) is 10.1. The number of aliphatic hydroxyl groups excluding tert-OH is 1. The van der Waals surface area contributed by atoms with Gasteiger partial charge in [-0.1, -0.05) is 43.7 Å². The van der Waals surface area contributed by atoms with E-state index in [4.69, 9.17) is 4.74 Å². The summed E-state index contributed by atoms with van der Waals surface area (Å²) in [6.45, 7) is 4.87. The summed E-state index contributed by atoms with van der Waals surface area (Å²) in [5.74, 6) is 3.34. The zero-order valence-electron chi connectivity index (χ0n) is 18.2. The average molecular weight is 407 g/mol. The molecule has 30 heavy (non-hydrogen) atoms. The Morgan fingerprint density at radius 2 is 1.87 bits per heavy atom. The largest absolute Gasteiger partial charge is 0.458 e. The highest BCUT2D eigenvalue weighted by atomic mass is 16.5. The number of benzene rings is 1. The Kier molecular flexibility index (Phi) is 4.11. The number of hydrogen-bond donors (Lipinski definition) is 1. The van der Waals surface area contributed by atoms with Gasteiger partial charge in [0.25, 0.3) is 0 Å². The minimum absolute atomic E-state index is 0.00329. The van der Waals surface area contributed by atoms with E-state index in [1.807, 2.05) is 30.3 Å². The first-order valence-electron chi connectivity index (χ1n) is 12.1. The molecule has 5 aliphatic rings. The van der Waals surface area contributed by atoms with E-state index >= 15 is 0 Å². The Bertz CT molecular complexity index is 891. The normalized spacial score (nSPS) is 48.5. The molecule has 1 aromatic rings. The van der Waals surface area contributed by atoms with Crippen molar-refractivity contribution in [2.45, 2.75) is 71.0 Å². The maximum atomic E-state index is 12.5. The predicted molar refractivity (Wildman–Crippen MR) is 116 cm³/mol. The van der Waals surface area contributed by atoms with Crippen molar-refractivity contribution in [3.63, 3.8) is 0 Å². The van der Waals surface area contributed by atoms with Gasteiger partial charge < -0.3 is 9.84 Å². The van der Waals surface area contributed by atoms with Crippen LogP contribution in [0.2, 0.25) is 0 Å². The molecule has 4 fully saturated rings. The summed E-state index contributed by atoms with van der Waals surface area (Å²) in [6.07, 6.45) is 10.3. The Hall–Kier alpha value is -1.61. The van der Waals surface area contributed by atoms with Crippen molar-refractivity contribution < 1.29 is 14.6 Å². The van der Waals surface area contributed by atoms with E-state index in [0.717, 1.165) is 43.4 Å². The molecular weight excluding hydrogens is 372 g/mol. The fourth-order valence-corrected chi connectivity index (χ4v) is 8.46. The van der Waals surface area contributed by atoms with Crippen molar-refractivity contribution in [3.8, 4) is 0 Å². The van der Waals surface area contributed by atoms with Crippen molar-refractivity contribution in [3.05, 3.63) is 47.5 Å². The van der Waals surface area contributed by atoms with Gasteiger partial charge in [-0.05, 0) is 91.1 Å². The first kappa shape index (κ1) is 19.1. The summed E-state index contributed by atoms with van der Waals surface area (Å²) in [7, 11) is 0. The van der Waals surface area contributed by atoms with E-state index < -0.39 is 0 Å². The minimum atomic E-state index is -0.188. The number of allylic oxidation sites excluding steroid dienone is 1. The molecule has 1 N–H and O–H groups in total. The highest BCUT2D eigenvalue weighted by molar-refractivity contribution is 5.89. The SMILES string of the molecule is C[C@]12CC[C@H]3[C@@H](CC=C4C[C@@H](OC(=O)c5ccccc5)CC[C@@]43C)[C@@H]1[C@@H]1C[C@@H]1[C@@H]2O. The summed E-state index contributed by atoms with van der Waals surface area (Å²) < 4.78 is 5.92. The first-order valence-corrected chi connectivity index (χ1v) is 12.1. The summed E-state index contributed by atoms with van der Waals surface area (Å²) in [5, 5.41) is 10.9. The van der Waals surface area contributed by atoms with Gasteiger partial charge >= 0.3 is 5.97 Å². The molecule has 0 spiro atoms. The maximum Gasteiger partial charge on any atom is 0.338 e. The molecule has 0 radical (unpaired) electrons. The molecule has 0 amide bonds. The smallest absolute Gasteiger partial charge is 0.338 e. The van der Waals surface area contributed by atoms with Gasteiger partial charge in [-0.2, -0.15) is 0 Å². The Morgan fingerprint density at radius 1 is 1.07 bits per heavy atom. The van der Waals surface area contributed by atoms with Gasteiger partial charge in [-0.3, -0.25) is 0 Å². The van der Waals surface area contributed by atoms with Gasteiger partial charge in [0.2, 0.25) is 0 Å². The molecule has 0 aliphatic heterocycles. The first-order chi connectivity index (χ1) is 14.4. The number of aliphatic hydroxyl groups is 1. The number of esters is 1. The summed E-state index contributed by atoms with van der Waals surface area (Å²) >= 11 is 0. The highest BCUT2D eigenvalue weighted by Gasteiger charge is 2.69. The molecule has 160 valence electrons. The number of fused-ring (bicyclic) bond motifs is 7. The maximum absolute atomic E-state index is 12.5. The van der Waals surface area contributed by atoms with Gasteiger partial charge in [0, 0.05) is 6.42 Å². The van der Waals surface area contributed by atoms with Crippen LogP contribution in [0.3, 0.4) is 0 Å². The molecule has 0 aromatic heterocycles. The van der Waals surface area contributed by atoms with Crippen LogP contribution in [0.4, 0.5) is 0 Å². The fraction of sp³-hybridized carbons (Fsp3) is 0.667. The molecule has 1 aromatic carbocycles. The van der Waals surface area contributed by atoms with E-state index in [2.05, 4.69) is 19.9 Å². The molecule has 0 bridgehead atoms. The molecule has 3 nitrogen and oxygen atoms in total. The number of hydrogen-bond acceptors (Lipinski definition) is 3. The van der Waals surface area contributed by atoms with Crippen molar-refractivity contribution >= 4 is 5.97 Å². The topological polar surface area (TPSA) is 46.5 Å². The van der Waals surface area contributed by atoms with E-state index in [9.17, 15) is 9.90 Å². The second-order valence-electron chi connectivity index (χ2n) is 11.4. The van der Waals surface area contributed by atoms with Gasteiger partial charge in [0.05, 0.1) is 11.7 Å². The van der Waals surface area contributed by atoms with E-state index in [0.29, 0.717) is 17.4 Å². The Morgan fingerprint density at radius 3 is 2.67 bits per heavy atom. The minimum Gasteiger partial charge on any atom is -0.458 e. The van der Waals surface area contributed by atoms with Gasteiger partial charge in [-0.15, -0.1) is 0 Å². The predicted octanol–water partition coefficient (Wildman–Crippen LogP) is 5.39. The molecule has 0 saturated heterocycles. The second kappa shape index (κ2) is 6.45. The highest BCUT2D eigenvalue weighted by Crippen LogP contribution is 2.73. The lowest BCUT2D eigenvalue weighted by Gasteiger charge is -2.58. The van der Waals surface area contributed by atoms with Crippen LogP contribution in [-0.4, -0.2) is 23.3 Å².